The van der Waals surface area contributed by atoms with E-state index in [1.807, 2.05) is 6.92 Å². The summed E-state index contributed by atoms with van der Waals surface area (Å²) in [6, 6.07) is 8.68. The number of aromatic nitrogens is 2. The molecule has 0 radical (unpaired) electrons. The van der Waals surface area contributed by atoms with Crippen molar-refractivity contribution in [1.82, 2.24) is 9.78 Å². The lowest BCUT2D eigenvalue weighted by atomic mass is 10.1. The van der Waals surface area contributed by atoms with Crippen molar-refractivity contribution < 1.29 is 0 Å². The summed E-state index contributed by atoms with van der Waals surface area (Å²) >= 11 is 6.19. The number of nitrogens with one attached hydrogen (secondary N) is 1. The fraction of sp³-hybridized carbons (Fsp3) is 0.375. The van der Waals surface area contributed by atoms with Gasteiger partial charge in [-0.3, -0.25) is 4.79 Å². The number of rotatable bonds is 4. The molecule has 3 rings (SSSR count). The number of hydrogen-bond donors (Lipinski definition) is 1. The molecule has 1 aliphatic carbocycles. The standard InChI is InChI=1S/C16H18ClN3O/c1-2-7-20-16(21)15(17)14(10-18-20)19-13-8-11-5-3-4-6-12(11)9-13/h3-6,10,13,19H,2,7-9H2,1H3. The van der Waals surface area contributed by atoms with Crippen molar-refractivity contribution in [3.8, 4) is 0 Å². The van der Waals surface area contributed by atoms with E-state index in [9.17, 15) is 4.79 Å². The smallest absolute Gasteiger partial charge is 0.287 e. The van der Waals surface area contributed by atoms with E-state index in [1.54, 1.807) is 6.20 Å². The lowest BCUT2D eigenvalue weighted by Gasteiger charge is -2.15. The van der Waals surface area contributed by atoms with Crippen LogP contribution in [-0.2, 0) is 19.4 Å². The van der Waals surface area contributed by atoms with Crippen LogP contribution in [0.2, 0.25) is 5.02 Å². The third kappa shape index (κ3) is 2.81. The summed E-state index contributed by atoms with van der Waals surface area (Å²) in [5.41, 5.74) is 3.13. The van der Waals surface area contributed by atoms with Gasteiger partial charge in [0.25, 0.3) is 5.56 Å². The van der Waals surface area contributed by atoms with Crippen molar-refractivity contribution >= 4 is 17.3 Å². The Morgan fingerprint density at radius 3 is 2.62 bits per heavy atom. The zero-order valence-corrected chi connectivity index (χ0v) is 12.7. The van der Waals surface area contributed by atoms with Crippen molar-refractivity contribution in [2.24, 2.45) is 0 Å². The molecule has 0 unspecified atom stereocenters. The molecule has 0 fully saturated rings. The number of nitrogens with zero attached hydrogens (tertiary/aromatic N) is 2. The van der Waals surface area contributed by atoms with E-state index in [0.29, 0.717) is 12.2 Å². The zero-order valence-electron chi connectivity index (χ0n) is 12.0. The van der Waals surface area contributed by atoms with Gasteiger partial charge in [-0.25, -0.2) is 4.68 Å². The van der Waals surface area contributed by atoms with Gasteiger partial charge in [0.05, 0.1) is 11.9 Å². The van der Waals surface area contributed by atoms with Crippen LogP contribution in [0.1, 0.15) is 24.5 Å². The monoisotopic (exact) mass is 303 g/mol. The van der Waals surface area contributed by atoms with E-state index in [0.717, 1.165) is 19.3 Å². The summed E-state index contributed by atoms with van der Waals surface area (Å²) < 4.78 is 1.41. The molecule has 0 spiro atoms. The van der Waals surface area contributed by atoms with Gasteiger partial charge < -0.3 is 5.32 Å². The molecule has 1 aromatic heterocycles. The maximum absolute atomic E-state index is 12.1. The van der Waals surface area contributed by atoms with Crippen molar-refractivity contribution in [3.63, 3.8) is 0 Å². The second-order valence-electron chi connectivity index (χ2n) is 5.42. The van der Waals surface area contributed by atoms with Crippen LogP contribution in [0, 0.1) is 0 Å². The second kappa shape index (κ2) is 5.90. The number of fused-ring (bicyclic) bond motifs is 1. The van der Waals surface area contributed by atoms with Crippen LogP contribution in [0.5, 0.6) is 0 Å². The summed E-state index contributed by atoms with van der Waals surface area (Å²) in [4.78, 5) is 12.1. The van der Waals surface area contributed by atoms with Crippen molar-refractivity contribution in [1.29, 1.82) is 0 Å². The minimum absolute atomic E-state index is 0.223. The summed E-state index contributed by atoms with van der Waals surface area (Å²) in [5.74, 6) is 0. The van der Waals surface area contributed by atoms with Crippen LogP contribution in [0.15, 0.2) is 35.3 Å². The van der Waals surface area contributed by atoms with Crippen LogP contribution in [-0.4, -0.2) is 15.8 Å². The van der Waals surface area contributed by atoms with Crippen LogP contribution < -0.4 is 10.9 Å². The molecule has 0 amide bonds. The van der Waals surface area contributed by atoms with Gasteiger partial charge in [0.1, 0.15) is 5.02 Å². The van der Waals surface area contributed by atoms with E-state index in [1.165, 1.54) is 15.8 Å². The summed E-state index contributed by atoms with van der Waals surface area (Å²) in [5, 5.41) is 7.77. The Bertz CT molecular complexity index is 686. The highest BCUT2D eigenvalue weighted by molar-refractivity contribution is 6.32. The van der Waals surface area contributed by atoms with Gasteiger partial charge >= 0.3 is 0 Å². The molecule has 1 heterocycles. The topological polar surface area (TPSA) is 46.9 Å². The summed E-state index contributed by atoms with van der Waals surface area (Å²) in [6.45, 7) is 2.59. The number of halogens is 1. The normalized spacial score (nSPS) is 14.2. The minimum Gasteiger partial charge on any atom is -0.379 e. The molecule has 0 aliphatic heterocycles. The Hall–Kier alpha value is -1.81. The SMILES string of the molecule is CCCn1ncc(NC2Cc3ccccc3C2)c(Cl)c1=O. The predicted molar refractivity (Wildman–Crippen MR) is 85.1 cm³/mol. The molecule has 5 heteroatoms. The first-order valence-electron chi connectivity index (χ1n) is 7.28. The fourth-order valence-corrected chi connectivity index (χ4v) is 3.02. The van der Waals surface area contributed by atoms with E-state index < -0.39 is 0 Å². The first-order valence-corrected chi connectivity index (χ1v) is 7.65. The zero-order chi connectivity index (χ0) is 14.8. The van der Waals surface area contributed by atoms with Gasteiger partial charge in [0.15, 0.2) is 0 Å². The first kappa shape index (κ1) is 14.1. The minimum atomic E-state index is -0.223. The molecule has 1 aromatic carbocycles. The maximum Gasteiger partial charge on any atom is 0.287 e. The van der Waals surface area contributed by atoms with E-state index in [2.05, 4.69) is 34.7 Å². The second-order valence-corrected chi connectivity index (χ2v) is 5.80. The van der Waals surface area contributed by atoms with Gasteiger partial charge in [-0.1, -0.05) is 42.8 Å². The quantitative estimate of drug-likeness (QED) is 0.945. The summed E-state index contributed by atoms with van der Waals surface area (Å²) in [7, 11) is 0. The van der Waals surface area contributed by atoms with Crippen LogP contribution in [0.4, 0.5) is 5.69 Å². The lowest BCUT2D eigenvalue weighted by molar-refractivity contribution is 0.568. The molecular weight excluding hydrogens is 286 g/mol. The number of anilines is 1. The first-order chi connectivity index (χ1) is 10.2. The van der Waals surface area contributed by atoms with E-state index >= 15 is 0 Å². The highest BCUT2D eigenvalue weighted by atomic mass is 35.5. The Morgan fingerprint density at radius 1 is 1.33 bits per heavy atom. The van der Waals surface area contributed by atoms with Crippen LogP contribution in [0.3, 0.4) is 0 Å². The molecule has 1 aliphatic rings. The van der Waals surface area contributed by atoms with Crippen molar-refractivity contribution in [3.05, 3.63) is 57.0 Å². The third-order valence-corrected chi connectivity index (χ3v) is 4.20. The van der Waals surface area contributed by atoms with Crippen LogP contribution >= 0.6 is 11.6 Å². The van der Waals surface area contributed by atoms with Gasteiger partial charge in [-0.15, -0.1) is 0 Å². The maximum atomic E-state index is 12.1. The molecule has 0 atom stereocenters. The molecular formula is C16H18ClN3O. The average Bonchev–Trinajstić information content (AvgIpc) is 2.89. The Morgan fingerprint density at radius 2 is 2.00 bits per heavy atom. The lowest BCUT2D eigenvalue weighted by Crippen LogP contribution is -2.27. The van der Waals surface area contributed by atoms with Crippen molar-refractivity contribution in [2.75, 3.05) is 5.32 Å². The summed E-state index contributed by atoms with van der Waals surface area (Å²) in [6.07, 6.45) is 4.41. The molecule has 4 nitrogen and oxygen atoms in total. The van der Waals surface area contributed by atoms with Crippen molar-refractivity contribution in [2.45, 2.75) is 38.8 Å². The Kier molecular flexibility index (Phi) is 3.97. The highest BCUT2D eigenvalue weighted by Gasteiger charge is 2.22. The fourth-order valence-electron chi connectivity index (χ4n) is 2.82. The third-order valence-electron chi connectivity index (χ3n) is 3.83. The molecule has 21 heavy (non-hydrogen) atoms. The highest BCUT2D eigenvalue weighted by Crippen LogP contribution is 2.26. The average molecular weight is 304 g/mol. The Balaban J connectivity index is 1.78. The molecule has 1 N–H and O–H groups in total. The molecule has 0 saturated heterocycles. The number of aryl methyl sites for hydroxylation is 1. The van der Waals surface area contributed by atoms with E-state index in [4.69, 9.17) is 11.6 Å². The Labute approximate surface area is 128 Å². The number of hydrogen-bond acceptors (Lipinski definition) is 3. The van der Waals surface area contributed by atoms with Gasteiger partial charge in [-0.05, 0) is 30.4 Å². The van der Waals surface area contributed by atoms with E-state index in [-0.39, 0.29) is 16.6 Å². The molecule has 110 valence electrons. The van der Waals surface area contributed by atoms with Crippen LogP contribution in [0.25, 0.3) is 0 Å². The molecule has 0 saturated carbocycles. The molecule has 2 aromatic rings. The van der Waals surface area contributed by atoms with Gasteiger partial charge in [0, 0.05) is 12.6 Å². The van der Waals surface area contributed by atoms with Gasteiger partial charge in [-0.2, -0.15) is 5.10 Å². The predicted octanol–water partition coefficient (Wildman–Crippen LogP) is 2.89. The van der Waals surface area contributed by atoms with Gasteiger partial charge in [0.2, 0.25) is 0 Å². The number of benzene rings is 1. The molecule has 0 bridgehead atoms. The largest absolute Gasteiger partial charge is 0.379 e.